The Bertz CT molecular complexity index is 1530. The first-order valence-electron chi connectivity index (χ1n) is 10.7. The molecule has 1 aromatic heterocycles. The van der Waals surface area contributed by atoms with E-state index >= 15 is 0 Å². The lowest BCUT2D eigenvalue weighted by molar-refractivity contribution is -0.115. The first-order chi connectivity index (χ1) is 16.1. The van der Waals surface area contributed by atoms with Gasteiger partial charge in [-0.3, -0.25) is 4.79 Å². The zero-order chi connectivity index (χ0) is 22.4. The van der Waals surface area contributed by atoms with Gasteiger partial charge in [-0.05, 0) is 83.5 Å². The van der Waals surface area contributed by atoms with Gasteiger partial charge in [-0.1, -0.05) is 30.3 Å². The Labute approximate surface area is 195 Å². The third-order valence-corrected chi connectivity index (χ3v) is 6.34. The number of aromatic amines is 1. The Morgan fingerprint density at radius 3 is 2.21 bits per heavy atom. The van der Waals surface area contributed by atoms with E-state index < -0.39 is 10.8 Å². The molecule has 0 radical (unpaired) electrons. The molecule has 0 spiro atoms. The summed E-state index contributed by atoms with van der Waals surface area (Å²) in [6.45, 7) is 0. The Morgan fingerprint density at radius 2 is 1.52 bits per heavy atom. The highest BCUT2D eigenvalue weighted by atomic mass is 35.5. The predicted octanol–water partition coefficient (Wildman–Crippen LogP) is 3.29. The molecule has 4 aliphatic rings. The highest BCUT2D eigenvalue weighted by Gasteiger charge is 2.42. The molecule has 33 heavy (non-hydrogen) atoms. The van der Waals surface area contributed by atoms with Crippen molar-refractivity contribution in [1.29, 1.82) is 0 Å². The third-order valence-electron chi connectivity index (χ3n) is 6.00. The smallest absolute Gasteiger partial charge is 0.251 e. The van der Waals surface area contributed by atoms with Crippen molar-refractivity contribution in [2.75, 3.05) is 0 Å². The first kappa shape index (κ1) is 19.7. The summed E-state index contributed by atoms with van der Waals surface area (Å²) in [6, 6.07) is 14.0. The molecule has 1 unspecified atom stereocenters. The van der Waals surface area contributed by atoms with Crippen LogP contribution in [0.3, 0.4) is 0 Å². The molecular formula is C27H19ClN4O. The lowest BCUT2D eigenvalue weighted by atomic mass is 9.91. The van der Waals surface area contributed by atoms with E-state index in [1.807, 2.05) is 91.1 Å². The van der Waals surface area contributed by atoms with Crippen LogP contribution in [0.4, 0.5) is 0 Å². The fourth-order valence-electron chi connectivity index (χ4n) is 4.44. The highest BCUT2D eigenvalue weighted by molar-refractivity contribution is 6.66. The molecule has 0 fully saturated rings. The van der Waals surface area contributed by atoms with Crippen LogP contribution in [0.1, 0.15) is 12.0 Å². The molecule has 4 aliphatic heterocycles. The predicted molar refractivity (Wildman–Crippen MR) is 133 cm³/mol. The number of nitrogens with zero attached hydrogens (tertiary/aromatic N) is 2. The summed E-state index contributed by atoms with van der Waals surface area (Å²) >= 11 is 6.21. The van der Waals surface area contributed by atoms with Crippen LogP contribution >= 0.6 is 11.6 Å². The Balaban J connectivity index is 1.58. The van der Waals surface area contributed by atoms with Crippen LogP contribution in [-0.4, -0.2) is 27.2 Å². The van der Waals surface area contributed by atoms with Crippen molar-refractivity contribution >= 4 is 46.0 Å². The highest BCUT2D eigenvalue weighted by Crippen LogP contribution is 2.39. The van der Waals surface area contributed by atoms with Gasteiger partial charge in [0.15, 0.2) is 0 Å². The summed E-state index contributed by atoms with van der Waals surface area (Å²) in [6.07, 6.45) is 15.9. The Hall–Kier alpha value is -3.96. The second-order valence-corrected chi connectivity index (χ2v) is 8.68. The average molecular weight is 451 g/mol. The zero-order valence-electron chi connectivity index (χ0n) is 17.5. The van der Waals surface area contributed by atoms with Gasteiger partial charge >= 0.3 is 0 Å². The molecule has 2 aromatic rings. The van der Waals surface area contributed by atoms with E-state index in [1.54, 1.807) is 0 Å². The van der Waals surface area contributed by atoms with E-state index in [0.717, 1.165) is 44.7 Å². The van der Waals surface area contributed by atoms with Crippen molar-refractivity contribution in [2.24, 2.45) is 9.98 Å². The molecule has 6 heteroatoms. The Morgan fingerprint density at radius 1 is 0.848 bits per heavy atom. The van der Waals surface area contributed by atoms with Gasteiger partial charge in [-0.2, -0.15) is 0 Å². The molecular weight excluding hydrogens is 432 g/mol. The minimum atomic E-state index is -1.10. The summed E-state index contributed by atoms with van der Waals surface area (Å²) < 4.78 is 0. The topological polar surface area (TPSA) is 69.6 Å². The van der Waals surface area contributed by atoms with Crippen LogP contribution in [-0.2, 0) is 4.79 Å². The molecule has 0 saturated heterocycles. The van der Waals surface area contributed by atoms with Gasteiger partial charge in [-0.25, -0.2) is 9.98 Å². The van der Waals surface area contributed by atoms with Crippen LogP contribution < -0.4 is 16.0 Å². The van der Waals surface area contributed by atoms with E-state index in [9.17, 15) is 4.79 Å². The van der Waals surface area contributed by atoms with E-state index in [1.165, 1.54) is 0 Å². The van der Waals surface area contributed by atoms with Crippen molar-refractivity contribution in [3.63, 3.8) is 0 Å². The number of carbonyl (C=O) groups excluding carboxylic acids is 1. The second-order valence-electron chi connectivity index (χ2n) is 8.34. The molecule has 8 bridgehead atoms. The molecule has 1 atom stereocenters. The summed E-state index contributed by atoms with van der Waals surface area (Å²) in [5.41, 5.74) is 4.90. The van der Waals surface area contributed by atoms with Crippen LogP contribution in [0.25, 0.3) is 17.7 Å². The SMILES string of the molecule is O=C(Cl)C12C=C3C=CC(=N3)C=c3ccc([nH]3)=CC3=NC(=CC(=C(c4ccccc4)C1)N2)C=C3. The maximum Gasteiger partial charge on any atom is 0.251 e. The fourth-order valence-corrected chi connectivity index (χ4v) is 4.61. The summed E-state index contributed by atoms with van der Waals surface area (Å²) in [7, 11) is 0. The van der Waals surface area contributed by atoms with Crippen LogP contribution in [0.15, 0.2) is 106 Å². The maximum atomic E-state index is 12.8. The fraction of sp³-hybridized carbons (Fsp3) is 0.0741. The molecule has 0 amide bonds. The van der Waals surface area contributed by atoms with Crippen LogP contribution in [0.2, 0.25) is 0 Å². The molecule has 160 valence electrons. The van der Waals surface area contributed by atoms with Crippen LogP contribution in [0.5, 0.6) is 0 Å². The number of aromatic nitrogens is 1. The Kier molecular flexibility index (Phi) is 4.52. The lowest BCUT2D eigenvalue weighted by Gasteiger charge is -2.23. The van der Waals surface area contributed by atoms with Gasteiger partial charge in [-0.15, -0.1) is 0 Å². The maximum absolute atomic E-state index is 12.8. The lowest BCUT2D eigenvalue weighted by Crippen LogP contribution is -2.44. The number of nitrogens with one attached hydrogen (secondary N) is 2. The van der Waals surface area contributed by atoms with Crippen molar-refractivity contribution in [3.05, 3.63) is 112 Å². The summed E-state index contributed by atoms with van der Waals surface area (Å²) in [5.74, 6) is 0. The quantitative estimate of drug-likeness (QED) is 0.689. The molecule has 5 nitrogen and oxygen atoms in total. The van der Waals surface area contributed by atoms with Gasteiger partial charge in [0.25, 0.3) is 5.24 Å². The number of benzene rings is 1. The van der Waals surface area contributed by atoms with Gasteiger partial charge in [0, 0.05) is 22.8 Å². The molecule has 2 N–H and O–H groups in total. The minimum Gasteiger partial charge on any atom is -0.368 e. The summed E-state index contributed by atoms with van der Waals surface area (Å²) in [4.78, 5) is 25.6. The molecule has 6 rings (SSSR count). The van der Waals surface area contributed by atoms with E-state index in [0.29, 0.717) is 12.1 Å². The number of allylic oxidation sites excluding steroid dienone is 5. The second kappa shape index (κ2) is 7.57. The minimum absolute atomic E-state index is 0.413. The van der Waals surface area contributed by atoms with Gasteiger partial charge in [0.1, 0.15) is 5.54 Å². The molecule has 1 aromatic carbocycles. The van der Waals surface area contributed by atoms with Crippen molar-refractivity contribution < 1.29 is 4.79 Å². The first-order valence-corrected chi connectivity index (χ1v) is 11.1. The van der Waals surface area contributed by atoms with Crippen LogP contribution in [0, 0.1) is 0 Å². The number of halogens is 1. The number of rotatable bonds is 2. The third kappa shape index (κ3) is 3.66. The van der Waals surface area contributed by atoms with Crippen molar-refractivity contribution in [2.45, 2.75) is 12.0 Å². The number of hydrogen-bond donors (Lipinski definition) is 2. The summed E-state index contributed by atoms with van der Waals surface area (Å²) in [5, 5.41) is 4.84. The van der Waals surface area contributed by atoms with Gasteiger partial charge in [0.2, 0.25) is 0 Å². The standard InChI is InChI=1S/C27H19ClN4O/c28-26(33)27-15-23-11-10-21(31-23)13-19-7-6-18(29-19)12-20-8-9-22(30-20)14-25(32-27)24(16-27)17-4-2-1-3-5-17/h1-15,29,32H,16H2. The van der Waals surface area contributed by atoms with E-state index in [-0.39, 0.29) is 0 Å². The molecule has 0 aliphatic carbocycles. The van der Waals surface area contributed by atoms with Gasteiger partial charge in [0.05, 0.1) is 22.8 Å². The number of hydrogen-bond acceptors (Lipinski definition) is 4. The van der Waals surface area contributed by atoms with Crippen molar-refractivity contribution in [3.8, 4) is 0 Å². The normalized spacial score (nSPS) is 22.7. The van der Waals surface area contributed by atoms with E-state index in [4.69, 9.17) is 21.6 Å². The number of carbonyl (C=O) groups is 1. The zero-order valence-corrected chi connectivity index (χ0v) is 18.3. The van der Waals surface area contributed by atoms with Crippen molar-refractivity contribution in [1.82, 2.24) is 10.3 Å². The number of aliphatic imine (C=N–C) groups is 2. The van der Waals surface area contributed by atoms with E-state index in [2.05, 4.69) is 10.3 Å². The average Bonchev–Trinajstić information content (AvgIpc) is 3.59. The number of H-pyrrole nitrogens is 1. The largest absolute Gasteiger partial charge is 0.368 e. The monoisotopic (exact) mass is 450 g/mol. The van der Waals surface area contributed by atoms with Gasteiger partial charge < -0.3 is 10.3 Å². The molecule has 0 saturated carbocycles. The molecule has 5 heterocycles. The number of fused-ring (bicyclic) bond motifs is 6.